The van der Waals surface area contributed by atoms with Gasteiger partial charge in [-0.3, -0.25) is 0 Å². The predicted octanol–water partition coefficient (Wildman–Crippen LogP) is 9.89. The van der Waals surface area contributed by atoms with Gasteiger partial charge in [0.15, 0.2) is 0 Å². The summed E-state index contributed by atoms with van der Waals surface area (Å²) in [6, 6.07) is 9.15. The van der Waals surface area contributed by atoms with Gasteiger partial charge in [0.25, 0.3) is 0 Å². The zero-order valence-corrected chi connectivity index (χ0v) is 21.9. The standard InChI is InChI=1S/C33H50/c1-3-5-7-9-11-29-16-18-31(19-17-29)33-25-22-32(23-26-33,24-27-33)21-20-30-14-12-28(13-15-30)10-8-6-4-2/h12-15,29,31H,3-11,16-19,22-27H2,1-2H3. The molecule has 0 saturated heterocycles. The summed E-state index contributed by atoms with van der Waals surface area (Å²) in [6.07, 6.45) is 27.0. The number of hydrogen-bond acceptors (Lipinski definition) is 0. The summed E-state index contributed by atoms with van der Waals surface area (Å²) >= 11 is 0. The van der Waals surface area contributed by atoms with Crippen LogP contribution in [-0.2, 0) is 6.42 Å². The number of rotatable bonds is 10. The van der Waals surface area contributed by atoms with Gasteiger partial charge in [-0.25, -0.2) is 0 Å². The Morgan fingerprint density at radius 2 is 1.36 bits per heavy atom. The van der Waals surface area contributed by atoms with Crippen LogP contribution in [0.4, 0.5) is 0 Å². The Morgan fingerprint density at radius 3 is 2.00 bits per heavy atom. The van der Waals surface area contributed by atoms with Crippen molar-refractivity contribution in [1.29, 1.82) is 0 Å². The molecule has 0 heterocycles. The van der Waals surface area contributed by atoms with E-state index < -0.39 is 0 Å². The Bertz CT molecular complexity index is 740. The van der Waals surface area contributed by atoms with Crippen LogP contribution in [0.5, 0.6) is 0 Å². The number of fused-ring (bicyclic) bond motifs is 3. The van der Waals surface area contributed by atoms with Crippen molar-refractivity contribution in [2.45, 2.75) is 136 Å². The maximum atomic E-state index is 3.82. The molecule has 4 aliphatic rings. The van der Waals surface area contributed by atoms with Gasteiger partial charge in [0.2, 0.25) is 0 Å². The van der Waals surface area contributed by atoms with Crippen LogP contribution >= 0.6 is 0 Å². The molecule has 0 nitrogen and oxygen atoms in total. The van der Waals surface area contributed by atoms with Crippen molar-refractivity contribution < 1.29 is 0 Å². The number of benzene rings is 1. The van der Waals surface area contributed by atoms with Gasteiger partial charge in [0, 0.05) is 11.0 Å². The molecular formula is C33H50. The Kier molecular flexibility index (Phi) is 9.02. The van der Waals surface area contributed by atoms with Crippen LogP contribution in [0.3, 0.4) is 0 Å². The molecule has 4 saturated carbocycles. The molecule has 0 aromatic heterocycles. The third-order valence-electron chi connectivity index (χ3n) is 9.98. The first kappa shape index (κ1) is 24.9. The summed E-state index contributed by atoms with van der Waals surface area (Å²) in [7, 11) is 0. The van der Waals surface area contributed by atoms with Gasteiger partial charge in [0.05, 0.1) is 0 Å². The van der Waals surface area contributed by atoms with Gasteiger partial charge < -0.3 is 0 Å². The fraction of sp³-hybridized carbons (Fsp3) is 0.758. The molecule has 0 unspecified atom stereocenters. The number of hydrogen-bond donors (Lipinski definition) is 0. The molecule has 0 spiro atoms. The topological polar surface area (TPSA) is 0 Å². The molecule has 0 aliphatic heterocycles. The van der Waals surface area contributed by atoms with E-state index in [2.05, 4.69) is 50.0 Å². The molecule has 0 atom stereocenters. The minimum Gasteiger partial charge on any atom is -0.0911 e. The average Bonchev–Trinajstić information content (AvgIpc) is 2.88. The van der Waals surface area contributed by atoms with Gasteiger partial charge in [0.1, 0.15) is 0 Å². The quantitative estimate of drug-likeness (QED) is 0.248. The van der Waals surface area contributed by atoms with Crippen LogP contribution < -0.4 is 0 Å². The van der Waals surface area contributed by atoms with E-state index in [-0.39, 0.29) is 0 Å². The molecule has 182 valence electrons. The molecule has 33 heavy (non-hydrogen) atoms. The van der Waals surface area contributed by atoms with Crippen molar-refractivity contribution in [2.75, 3.05) is 0 Å². The van der Waals surface area contributed by atoms with Crippen LogP contribution in [0.15, 0.2) is 24.3 Å². The summed E-state index contributed by atoms with van der Waals surface area (Å²) in [6.45, 7) is 4.60. The van der Waals surface area contributed by atoms with Gasteiger partial charge in [-0.1, -0.05) is 95.6 Å². The SMILES string of the molecule is CCCCCCC1CCC(C23CCC(C#Cc4ccc(CCCCC)cc4)(CC2)CC3)CC1. The number of unbranched alkanes of at least 4 members (excludes halogenated alkanes) is 5. The summed E-state index contributed by atoms with van der Waals surface area (Å²) in [5.41, 5.74) is 3.72. The normalized spacial score (nSPS) is 31.2. The highest BCUT2D eigenvalue weighted by Gasteiger charge is 2.51. The van der Waals surface area contributed by atoms with E-state index in [0.717, 1.165) is 11.8 Å². The van der Waals surface area contributed by atoms with Crippen molar-refractivity contribution >= 4 is 0 Å². The third-order valence-corrected chi connectivity index (χ3v) is 9.98. The lowest BCUT2D eigenvalue weighted by atomic mass is 9.48. The maximum absolute atomic E-state index is 3.82. The smallest absolute Gasteiger partial charge is 0.0319 e. The monoisotopic (exact) mass is 446 g/mol. The molecule has 0 N–H and O–H groups in total. The van der Waals surface area contributed by atoms with Crippen molar-refractivity contribution in [3.8, 4) is 11.8 Å². The summed E-state index contributed by atoms with van der Waals surface area (Å²) in [5.74, 6) is 9.49. The Hall–Kier alpha value is -1.22. The maximum Gasteiger partial charge on any atom is 0.0319 e. The van der Waals surface area contributed by atoms with Gasteiger partial charge in [-0.15, -0.1) is 0 Å². The van der Waals surface area contributed by atoms with Crippen molar-refractivity contribution in [3.05, 3.63) is 35.4 Å². The fourth-order valence-corrected chi connectivity index (χ4v) is 7.48. The molecule has 5 rings (SSSR count). The molecule has 0 amide bonds. The highest BCUT2D eigenvalue weighted by Crippen LogP contribution is 2.62. The molecule has 1 aromatic carbocycles. The van der Waals surface area contributed by atoms with Crippen molar-refractivity contribution in [1.82, 2.24) is 0 Å². The van der Waals surface area contributed by atoms with Crippen LogP contribution in [0.1, 0.15) is 141 Å². The largest absolute Gasteiger partial charge is 0.0911 e. The highest BCUT2D eigenvalue weighted by atomic mass is 14.6. The van der Waals surface area contributed by atoms with E-state index >= 15 is 0 Å². The molecule has 4 fully saturated rings. The van der Waals surface area contributed by atoms with Crippen LogP contribution in [0.2, 0.25) is 0 Å². The van der Waals surface area contributed by atoms with Gasteiger partial charge >= 0.3 is 0 Å². The second-order valence-electron chi connectivity index (χ2n) is 12.1. The minimum absolute atomic E-state index is 0.331. The van der Waals surface area contributed by atoms with Gasteiger partial charge in [-0.05, 0) is 99.2 Å². The van der Waals surface area contributed by atoms with E-state index in [0.29, 0.717) is 10.8 Å². The molecule has 1 aromatic rings. The Balaban J connectivity index is 1.25. The van der Waals surface area contributed by atoms with Crippen molar-refractivity contribution in [3.63, 3.8) is 0 Å². The molecule has 0 radical (unpaired) electrons. The lowest BCUT2D eigenvalue weighted by Crippen LogP contribution is -2.45. The van der Waals surface area contributed by atoms with Gasteiger partial charge in [-0.2, -0.15) is 0 Å². The first-order valence-electron chi connectivity index (χ1n) is 14.8. The second-order valence-corrected chi connectivity index (χ2v) is 12.1. The van der Waals surface area contributed by atoms with E-state index in [1.54, 1.807) is 0 Å². The fourth-order valence-electron chi connectivity index (χ4n) is 7.48. The Labute approximate surface area is 205 Å². The summed E-state index contributed by atoms with van der Waals surface area (Å²) in [5, 5.41) is 0. The van der Waals surface area contributed by atoms with Crippen LogP contribution in [0.25, 0.3) is 0 Å². The van der Waals surface area contributed by atoms with E-state index in [9.17, 15) is 0 Å². The molecular weight excluding hydrogens is 396 g/mol. The van der Waals surface area contributed by atoms with E-state index in [1.165, 1.54) is 133 Å². The summed E-state index contributed by atoms with van der Waals surface area (Å²) in [4.78, 5) is 0. The van der Waals surface area contributed by atoms with Crippen LogP contribution in [-0.4, -0.2) is 0 Å². The average molecular weight is 447 g/mol. The van der Waals surface area contributed by atoms with Crippen molar-refractivity contribution in [2.24, 2.45) is 22.7 Å². The molecule has 2 bridgehead atoms. The zero-order chi connectivity index (χ0) is 23.0. The molecule has 0 heteroatoms. The molecule has 4 aliphatic carbocycles. The zero-order valence-electron chi connectivity index (χ0n) is 21.9. The lowest BCUT2D eigenvalue weighted by Gasteiger charge is -2.56. The van der Waals surface area contributed by atoms with E-state index in [1.807, 2.05) is 0 Å². The summed E-state index contributed by atoms with van der Waals surface area (Å²) < 4.78 is 0. The Morgan fingerprint density at radius 1 is 0.727 bits per heavy atom. The predicted molar refractivity (Wildman–Crippen MR) is 143 cm³/mol. The first-order chi connectivity index (χ1) is 16.2. The number of aryl methyl sites for hydroxylation is 1. The third kappa shape index (κ3) is 6.47. The minimum atomic E-state index is 0.331. The highest BCUT2D eigenvalue weighted by molar-refractivity contribution is 5.38. The van der Waals surface area contributed by atoms with Crippen LogP contribution in [0, 0.1) is 34.5 Å². The lowest BCUT2D eigenvalue weighted by molar-refractivity contribution is -0.0379. The second kappa shape index (κ2) is 12.0. The first-order valence-corrected chi connectivity index (χ1v) is 14.8. The van der Waals surface area contributed by atoms with E-state index in [4.69, 9.17) is 0 Å².